The van der Waals surface area contributed by atoms with Crippen LogP contribution in [0.3, 0.4) is 0 Å². The number of nitrogens with zero attached hydrogens (tertiary/aromatic N) is 3. The molecule has 0 aliphatic heterocycles. The topological polar surface area (TPSA) is 79.9 Å². The highest BCUT2D eigenvalue weighted by molar-refractivity contribution is 9.10. The molecule has 3 rings (SSSR count). The third-order valence-electron chi connectivity index (χ3n) is 3.43. The molecular formula is C18H12BrFN4O2. The van der Waals surface area contributed by atoms with Gasteiger partial charge in [-0.3, -0.25) is 5.32 Å². The van der Waals surface area contributed by atoms with Gasteiger partial charge in [0.2, 0.25) is 0 Å². The van der Waals surface area contributed by atoms with E-state index in [0.717, 1.165) is 11.6 Å². The van der Waals surface area contributed by atoms with Crippen molar-refractivity contribution < 1.29 is 13.9 Å². The number of ether oxygens (including phenoxy) is 1. The zero-order valence-electron chi connectivity index (χ0n) is 13.3. The first-order valence-corrected chi connectivity index (χ1v) is 8.29. The van der Waals surface area contributed by atoms with Gasteiger partial charge in [0, 0.05) is 6.20 Å². The Bertz CT molecular complexity index is 983. The molecule has 2 aromatic carbocycles. The van der Waals surface area contributed by atoms with E-state index in [1.807, 2.05) is 36.4 Å². The fourth-order valence-corrected chi connectivity index (χ4v) is 2.55. The third kappa shape index (κ3) is 4.07. The van der Waals surface area contributed by atoms with Gasteiger partial charge in [0.05, 0.1) is 16.1 Å². The molecule has 0 atom stereocenters. The number of nitrogens with one attached hydrogen (secondary N) is 1. The van der Waals surface area contributed by atoms with E-state index < -0.39 is 11.9 Å². The van der Waals surface area contributed by atoms with Crippen molar-refractivity contribution in [3.8, 4) is 11.8 Å². The molecule has 1 N–H and O–H groups in total. The van der Waals surface area contributed by atoms with Crippen molar-refractivity contribution in [3.05, 3.63) is 76.1 Å². The lowest BCUT2D eigenvalue weighted by Gasteiger charge is -2.06. The van der Waals surface area contributed by atoms with Gasteiger partial charge in [-0.15, -0.1) is 5.10 Å². The first-order valence-electron chi connectivity index (χ1n) is 7.49. The number of rotatable bonds is 4. The lowest BCUT2D eigenvalue weighted by Crippen LogP contribution is -2.14. The Labute approximate surface area is 156 Å². The quantitative estimate of drug-likeness (QED) is 0.686. The van der Waals surface area contributed by atoms with Crippen LogP contribution in [0.4, 0.5) is 15.0 Å². The fourth-order valence-electron chi connectivity index (χ4n) is 2.18. The monoisotopic (exact) mass is 414 g/mol. The van der Waals surface area contributed by atoms with Crippen molar-refractivity contribution in [2.24, 2.45) is 0 Å². The number of halogens is 2. The number of carbonyl (C=O) groups excluding carboxylic acids is 1. The summed E-state index contributed by atoms with van der Waals surface area (Å²) in [7, 11) is 0. The molecule has 1 heterocycles. The molecule has 0 unspecified atom stereocenters. The summed E-state index contributed by atoms with van der Waals surface area (Å²) in [5, 5.41) is 15.4. The van der Waals surface area contributed by atoms with Crippen molar-refractivity contribution in [2.75, 3.05) is 5.32 Å². The smallest absolute Gasteiger partial charge is 0.413 e. The summed E-state index contributed by atoms with van der Waals surface area (Å²) in [5.41, 5.74) is 1.21. The van der Waals surface area contributed by atoms with E-state index in [1.165, 1.54) is 23.0 Å². The molecule has 1 amide bonds. The Morgan fingerprint density at radius 3 is 2.77 bits per heavy atom. The van der Waals surface area contributed by atoms with Gasteiger partial charge < -0.3 is 4.74 Å². The molecule has 26 heavy (non-hydrogen) atoms. The molecular weight excluding hydrogens is 403 g/mol. The second-order valence-electron chi connectivity index (χ2n) is 5.23. The molecule has 0 aliphatic rings. The molecule has 6 nitrogen and oxygen atoms in total. The highest BCUT2D eigenvalue weighted by Gasteiger charge is 2.14. The summed E-state index contributed by atoms with van der Waals surface area (Å²) in [6.45, 7) is 0.120. The maximum absolute atomic E-state index is 14.1. The molecule has 0 radical (unpaired) electrons. The van der Waals surface area contributed by atoms with Crippen molar-refractivity contribution in [1.29, 1.82) is 5.26 Å². The van der Waals surface area contributed by atoms with Crippen LogP contribution in [0.5, 0.6) is 0 Å². The van der Waals surface area contributed by atoms with Crippen LogP contribution < -0.4 is 5.32 Å². The predicted molar refractivity (Wildman–Crippen MR) is 96.2 cm³/mol. The number of benzene rings is 2. The van der Waals surface area contributed by atoms with Crippen LogP contribution in [0.1, 0.15) is 11.1 Å². The lowest BCUT2D eigenvalue weighted by atomic mass is 10.2. The highest BCUT2D eigenvalue weighted by Crippen LogP contribution is 2.24. The van der Waals surface area contributed by atoms with Gasteiger partial charge in [0.25, 0.3) is 0 Å². The number of nitriles is 1. The van der Waals surface area contributed by atoms with Crippen molar-refractivity contribution in [3.63, 3.8) is 0 Å². The van der Waals surface area contributed by atoms with Crippen LogP contribution in [0.2, 0.25) is 0 Å². The van der Waals surface area contributed by atoms with Crippen molar-refractivity contribution in [1.82, 2.24) is 9.78 Å². The van der Waals surface area contributed by atoms with E-state index in [0.29, 0.717) is 4.47 Å². The third-order valence-corrected chi connectivity index (χ3v) is 4.01. The van der Waals surface area contributed by atoms with Crippen molar-refractivity contribution in [2.45, 2.75) is 6.61 Å². The van der Waals surface area contributed by atoms with Crippen LogP contribution in [0, 0.1) is 17.1 Å². The second-order valence-corrected chi connectivity index (χ2v) is 6.09. The van der Waals surface area contributed by atoms with Crippen LogP contribution in [0.25, 0.3) is 5.69 Å². The lowest BCUT2D eigenvalue weighted by molar-refractivity contribution is 0.155. The normalized spacial score (nSPS) is 10.2. The highest BCUT2D eigenvalue weighted by atomic mass is 79.9. The summed E-state index contributed by atoms with van der Waals surface area (Å²) in [5.74, 6) is -0.413. The van der Waals surface area contributed by atoms with Crippen molar-refractivity contribution >= 4 is 27.8 Å². The molecule has 8 heteroatoms. The van der Waals surface area contributed by atoms with E-state index in [4.69, 9.17) is 10.00 Å². The van der Waals surface area contributed by atoms with Gasteiger partial charge in [-0.25, -0.2) is 13.9 Å². The van der Waals surface area contributed by atoms with Gasteiger partial charge in [0.1, 0.15) is 18.1 Å². The average molecular weight is 415 g/mol. The molecule has 0 saturated carbocycles. The fraction of sp³-hybridized carbons (Fsp3) is 0.0556. The zero-order chi connectivity index (χ0) is 18.5. The first kappa shape index (κ1) is 17.6. The molecule has 130 valence electrons. The van der Waals surface area contributed by atoms with Gasteiger partial charge in [-0.1, -0.05) is 30.3 Å². The Hall–Kier alpha value is -3.18. The standard InChI is InChI=1S/C18H12BrFN4O2/c19-14-10-24(16-7-6-13(9-21)8-15(16)20)23-17(14)22-18(25)26-11-12-4-2-1-3-5-12/h1-8,10H,11H2,(H,22,23,25). The number of anilines is 1. The molecule has 3 aromatic rings. The van der Waals surface area contributed by atoms with Gasteiger partial charge in [0.15, 0.2) is 5.82 Å². The van der Waals surface area contributed by atoms with Crippen LogP contribution in [-0.4, -0.2) is 15.9 Å². The largest absolute Gasteiger partial charge is 0.444 e. The molecule has 0 bridgehead atoms. The number of hydrogen-bond donors (Lipinski definition) is 1. The summed E-state index contributed by atoms with van der Waals surface area (Å²) >= 11 is 3.26. The predicted octanol–water partition coefficient (Wildman–Crippen LogP) is 4.39. The minimum atomic E-state index is -0.680. The van der Waals surface area contributed by atoms with E-state index in [-0.39, 0.29) is 23.7 Å². The zero-order valence-corrected chi connectivity index (χ0v) is 14.9. The van der Waals surface area contributed by atoms with Crippen LogP contribution in [0.15, 0.2) is 59.2 Å². The Morgan fingerprint density at radius 2 is 2.08 bits per heavy atom. The Balaban J connectivity index is 1.70. The van der Waals surface area contributed by atoms with Crippen LogP contribution in [-0.2, 0) is 11.3 Å². The maximum Gasteiger partial charge on any atom is 0.413 e. The number of hydrogen-bond acceptors (Lipinski definition) is 4. The van der Waals surface area contributed by atoms with Gasteiger partial charge in [-0.05, 0) is 39.7 Å². The minimum absolute atomic E-state index is 0.120. The molecule has 0 aliphatic carbocycles. The summed E-state index contributed by atoms with van der Waals surface area (Å²) in [6.07, 6.45) is 0.817. The number of amides is 1. The summed E-state index contributed by atoms with van der Waals surface area (Å²) in [4.78, 5) is 11.9. The Morgan fingerprint density at radius 1 is 1.31 bits per heavy atom. The van der Waals surface area contributed by atoms with E-state index >= 15 is 0 Å². The first-order chi connectivity index (χ1) is 12.6. The SMILES string of the molecule is N#Cc1ccc(-n2cc(Br)c(NC(=O)OCc3ccccc3)n2)c(F)c1. The van der Waals surface area contributed by atoms with E-state index in [9.17, 15) is 9.18 Å². The summed E-state index contributed by atoms with van der Waals surface area (Å²) in [6, 6.07) is 15.1. The molecule has 1 aromatic heterocycles. The minimum Gasteiger partial charge on any atom is -0.444 e. The van der Waals surface area contributed by atoms with E-state index in [2.05, 4.69) is 26.3 Å². The van der Waals surface area contributed by atoms with Crippen LogP contribution >= 0.6 is 15.9 Å². The van der Waals surface area contributed by atoms with Gasteiger partial charge >= 0.3 is 6.09 Å². The Kier molecular flexibility index (Phi) is 5.29. The molecule has 0 spiro atoms. The summed E-state index contributed by atoms with van der Waals surface area (Å²) < 4.78 is 20.9. The maximum atomic E-state index is 14.1. The second kappa shape index (κ2) is 7.80. The number of carbonyl (C=O) groups is 1. The van der Waals surface area contributed by atoms with E-state index in [1.54, 1.807) is 0 Å². The molecule has 0 saturated heterocycles. The van der Waals surface area contributed by atoms with Gasteiger partial charge in [-0.2, -0.15) is 5.26 Å². The average Bonchev–Trinajstić information content (AvgIpc) is 3.00. The number of aromatic nitrogens is 2. The molecule has 0 fully saturated rings.